The summed E-state index contributed by atoms with van der Waals surface area (Å²) in [4.78, 5) is 12.7. The molecule has 0 heterocycles. The molecular formula is C13H17N3O2. The molecular weight excluding hydrogens is 230 g/mol. The highest BCUT2D eigenvalue weighted by Crippen LogP contribution is 2.12. The second-order valence-electron chi connectivity index (χ2n) is 3.82. The molecule has 1 amide bonds. The van der Waals surface area contributed by atoms with Crippen molar-refractivity contribution in [3.63, 3.8) is 0 Å². The molecule has 96 valence electrons. The molecule has 0 spiro atoms. The largest absolute Gasteiger partial charge is 0.492 e. The van der Waals surface area contributed by atoms with Crippen molar-refractivity contribution >= 4 is 5.91 Å². The molecule has 5 heteroatoms. The summed E-state index contributed by atoms with van der Waals surface area (Å²) in [5, 5.41) is 8.75. The van der Waals surface area contributed by atoms with Gasteiger partial charge in [0.15, 0.2) is 0 Å². The molecule has 0 bridgehead atoms. The van der Waals surface area contributed by atoms with Gasteiger partial charge in [0.25, 0.3) is 0 Å². The zero-order valence-electron chi connectivity index (χ0n) is 10.4. The van der Waals surface area contributed by atoms with Crippen molar-refractivity contribution in [2.45, 2.75) is 6.92 Å². The van der Waals surface area contributed by atoms with E-state index < -0.39 is 0 Å². The van der Waals surface area contributed by atoms with Gasteiger partial charge >= 0.3 is 0 Å². The number of nitrogens with zero attached hydrogens (tertiary/aromatic N) is 2. The summed E-state index contributed by atoms with van der Waals surface area (Å²) in [5.74, 6) is 0.313. The first-order valence-corrected chi connectivity index (χ1v) is 5.79. The number of amides is 1. The molecule has 0 atom stereocenters. The number of nitrogens with two attached hydrogens (primary N) is 1. The fourth-order valence-electron chi connectivity index (χ4n) is 1.52. The molecule has 0 saturated carbocycles. The summed E-state index contributed by atoms with van der Waals surface area (Å²) in [7, 11) is 0. The molecule has 1 aromatic rings. The maximum absolute atomic E-state index is 10.8. The first kappa shape index (κ1) is 14.0. The lowest BCUT2D eigenvalue weighted by atomic mass is 10.2. The summed E-state index contributed by atoms with van der Waals surface area (Å²) in [5.41, 5.74) is 5.70. The molecule has 0 aliphatic rings. The highest BCUT2D eigenvalue weighted by Gasteiger charge is 2.05. The van der Waals surface area contributed by atoms with Gasteiger partial charge in [-0.05, 0) is 24.7 Å². The van der Waals surface area contributed by atoms with Crippen LogP contribution in [-0.4, -0.2) is 37.0 Å². The second-order valence-corrected chi connectivity index (χ2v) is 3.82. The van der Waals surface area contributed by atoms with E-state index in [1.54, 1.807) is 24.3 Å². The topological polar surface area (TPSA) is 79.3 Å². The third-order valence-electron chi connectivity index (χ3n) is 2.47. The van der Waals surface area contributed by atoms with Gasteiger partial charge in [0.05, 0.1) is 18.2 Å². The normalized spacial score (nSPS) is 10.1. The van der Waals surface area contributed by atoms with E-state index in [0.29, 0.717) is 24.5 Å². The van der Waals surface area contributed by atoms with E-state index in [2.05, 4.69) is 6.07 Å². The Kier molecular flexibility index (Phi) is 5.68. The Hall–Kier alpha value is -2.06. The van der Waals surface area contributed by atoms with Crippen LogP contribution in [0.15, 0.2) is 24.3 Å². The molecule has 0 aliphatic carbocycles. The molecule has 0 unspecified atom stereocenters. The Morgan fingerprint density at radius 3 is 2.94 bits per heavy atom. The van der Waals surface area contributed by atoms with Crippen molar-refractivity contribution in [1.82, 2.24) is 4.90 Å². The maximum atomic E-state index is 10.8. The van der Waals surface area contributed by atoms with Gasteiger partial charge in [-0.15, -0.1) is 0 Å². The Morgan fingerprint density at radius 2 is 2.33 bits per heavy atom. The summed E-state index contributed by atoms with van der Waals surface area (Å²) in [6.07, 6.45) is 0. The summed E-state index contributed by atoms with van der Waals surface area (Å²) in [6.45, 7) is 4.01. The molecule has 1 aromatic carbocycles. The van der Waals surface area contributed by atoms with Gasteiger partial charge < -0.3 is 10.5 Å². The number of hydrogen-bond acceptors (Lipinski definition) is 4. The molecule has 5 nitrogen and oxygen atoms in total. The van der Waals surface area contributed by atoms with Gasteiger partial charge in [-0.2, -0.15) is 5.26 Å². The van der Waals surface area contributed by atoms with Gasteiger partial charge in [0.2, 0.25) is 5.91 Å². The fraction of sp³-hybridized carbons (Fsp3) is 0.385. The molecule has 0 fully saturated rings. The van der Waals surface area contributed by atoms with E-state index in [4.69, 9.17) is 15.7 Å². The fourth-order valence-corrected chi connectivity index (χ4v) is 1.52. The van der Waals surface area contributed by atoms with Gasteiger partial charge in [-0.25, -0.2) is 0 Å². The minimum Gasteiger partial charge on any atom is -0.492 e. The van der Waals surface area contributed by atoms with Crippen molar-refractivity contribution in [3.8, 4) is 11.8 Å². The number of carbonyl (C=O) groups excluding carboxylic acids is 1. The monoisotopic (exact) mass is 247 g/mol. The smallest absolute Gasteiger partial charge is 0.231 e. The highest BCUT2D eigenvalue weighted by atomic mass is 16.5. The van der Waals surface area contributed by atoms with Crippen molar-refractivity contribution < 1.29 is 9.53 Å². The lowest BCUT2D eigenvalue weighted by Gasteiger charge is -2.18. The number of benzene rings is 1. The number of nitriles is 1. The van der Waals surface area contributed by atoms with Crippen LogP contribution < -0.4 is 10.5 Å². The van der Waals surface area contributed by atoms with E-state index in [1.165, 1.54) is 0 Å². The number of rotatable bonds is 7. The van der Waals surface area contributed by atoms with Crippen LogP contribution in [0.25, 0.3) is 0 Å². The second kappa shape index (κ2) is 7.30. The van der Waals surface area contributed by atoms with E-state index in [9.17, 15) is 4.79 Å². The Bertz CT molecular complexity index is 440. The first-order valence-electron chi connectivity index (χ1n) is 5.79. The van der Waals surface area contributed by atoms with Crippen molar-refractivity contribution in [2.24, 2.45) is 5.73 Å². The summed E-state index contributed by atoms with van der Waals surface area (Å²) in [6, 6.07) is 9.03. The average molecular weight is 247 g/mol. The van der Waals surface area contributed by atoms with Crippen LogP contribution in [0.4, 0.5) is 0 Å². The third-order valence-corrected chi connectivity index (χ3v) is 2.47. The van der Waals surface area contributed by atoms with E-state index in [1.807, 2.05) is 11.8 Å². The van der Waals surface area contributed by atoms with Gasteiger partial charge in [0, 0.05) is 6.54 Å². The zero-order chi connectivity index (χ0) is 13.4. The minimum atomic E-state index is -0.344. The average Bonchev–Trinajstić information content (AvgIpc) is 2.37. The van der Waals surface area contributed by atoms with Gasteiger partial charge in [-0.1, -0.05) is 13.0 Å². The van der Waals surface area contributed by atoms with Crippen molar-refractivity contribution in [2.75, 3.05) is 26.2 Å². The predicted octanol–water partition coefficient (Wildman–Crippen LogP) is 0.744. The molecule has 18 heavy (non-hydrogen) atoms. The third kappa shape index (κ3) is 4.85. The van der Waals surface area contributed by atoms with Crippen LogP contribution in [0.2, 0.25) is 0 Å². The zero-order valence-corrected chi connectivity index (χ0v) is 10.4. The predicted molar refractivity (Wildman–Crippen MR) is 68.0 cm³/mol. The molecule has 0 aliphatic heterocycles. The Balaban J connectivity index is 2.40. The quantitative estimate of drug-likeness (QED) is 0.771. The van der Waals surface area contributed by atoms with Crippen molar-refractivity contribution in [3.05, 3.63) is 29.8 Å². The number of likely N-dealkylation sites (N-methyl/N-ethyl adjacent to an activating group) is 1. The van der Waals surface area contributed by atoms with Crippen molar-refractivity contribution in [1.29, 1.82) is 5.26 Å². The van der Waals surface area contributed by atoms with Crippen LogP contribution in [0.5, 0.6) is 5.75 Å². The summed E-state index contributed by atoms with van der Waals surface area (Å²) >= 11 is 0. The van der Waals surface area contributed by atoms with Crippen LogP contribution >= 0.6 is 0 Å². The van der Waals surface area contributed by atoms with E-state index >= 15 is 0 Å². The van der Waals surface area contributed by atoms with Gasteiger partial charge in [-0.3, -0.25) is 9.69 Å². The molecule has 0 aromatic heterocycles. The number of primary amides is 1. The molecule has 0 saturated heterocycles. The van der Waals surface area contributed by atoms with Gasteiger partial charge in [0.1, 0.15) is 12.4 Å². The molecule has 2 N–H and O–H groups in total. The first-order chi connectivity index (χ1) is 8.65. The number of ether oxygens (including phenoxy) is 1. The molecule has 0 radical (unpaired) electrons. The molecule has 1 rings (SSSR count). The maximum Gasteiger partial charge on any atom is 0.231 e. The van der Waals surface area contributed by atoms with Crippen LogP contribution in [-0.2, 0) is 4.79 Å². The number of hydrogen-bond donors (Lipinski definition) is 1. The highest BCUT2D eigenvalue weighted by molar-refractivity contribution is 5.75. The standard InChI is InChI=1S/C13H17N3O2/c1-2-16(10-13(15)17)6-7-18-12-5-3-4-11(8-12)9-14/h3-5,8H,2,6-7,10H2,1H3,(H2,15,17). The van der Waals surface area contributed by atoms with Crippen LogP contribution in [0, 0.1) is 11.3 Å². The summed E-state index contributed by atoms with van der Waals surface area (Å²) < 4.78 is 5.52. The Labute approximate surface area is 107 Å². The lowest BCUT2D eigenvalue weighted by molar-refractivity contribution is -0.119. The Morgan fingerprint density at radius 1 is 1.56 bits per heavy atom. The minimum absolute atomic E-state index is 0.234. The van der Waals surface area contributed by atoms with Crippen LogP contribution in [0.3, 0.4) is 0 Å². The van der Waals surface area contributed by atoms with E-state index in [-0.39, 0.29) is 12.5 Å². The van der Waals surface area contributed by atoms with E-state index in [0.717, 1.165) is 6.54 Å². The lowest BCUT2D eigenvalue weighted by Crippen LogP contribution is -2.36. The SMILES string of the molecule is CCN(CCOc1cccc(C#N)c1)CC(N)=O. The number of carbonyl (C=O) groups is 1. The van der Waals surface area contributed by atoms with Crippen LogP contribution in [0.1, 0.15) is 12.5 Å².